The molecule has 1 fully saturated rings. The monoisotopic (exact) mass is 499 g/mol. The molecule has 0 aliphatic carbocycles. The van der Waals surface area contributed by atoms with Crippen molar-refractivity contribution >= 4 is 33.5 Å². The maximum absolute atomic E-state index is 12.4. The Morgan fingerprint density at radius 3 is 2.29 bits per heavy atom. The Bertz CT molecular complexity index is 977. The Hall–Kier alpha value is -3.10. The molecule has 1 atom stereocenters. The number of sulfonamides is 1. The van der Waals surface area contributed by atoms with Gasteiger partial charge in [0.1, 0.15) is 6.04 Å². The molecule has 0 saturated carbocycles. The molecular formula is C20H29N5O8S. The SMILES string of the molecule is O=C(CCC1CCNCC1)NCCC(=O)NC[C@H](NS(=O)(=O)c1ccc([N+](=O)[O-])cc1)C(=O)O. The molecule has 5 N–H and O–H groups in total. The van der Waals surface area contributed by atoms with Gasteiger partial charge in [-0.1, -0.05) is 0 Å². The van der Waals surface area contributed by atoms with Crippen molar-refractivity contribution in [2.75, 3.05) is 26.2 Å². The highest BCUT2D eigenvalue weighted by atomic mass is 32.2. The van der Waals surface area contributed by atoms with Crippen LogP contribution in [0.3, 0.4) is 0 Å². The average Bonchev–Trinajstić information content (AvgIpc) is 2.81. The second kappa shape index (κ2) is 13.0. The van der Waals surface area contributed by atoms with Crippen molar-refractivity contribution in [3.05, 3.63) is 34.4 Å². The van der Waals surface area contributed by atoms with Crippen molar-refractivity contribution in [3.63, 3.8) is 0 Å². The van der Waals surface area contributed by atoms with Crippen molar-refractivity contribution in [3.8, 4) is 0 Å². The summed E-state index contributed by atoms with van der Waals surface area (Å²) in [5.74, 6) is -1.72. The molecule has 0 unspecified atom stereocenters. The third-order valence-corrected chi connectivity index (χ3v) is 6.86. The number of hydrogen-bond acceptors (Lipinski definition) is 8. The van der Waals surface area contributed by atoms with E-state index >= 15 is 0 Å². The molecule has 188 valence electrons. The summed E-state index contributed by atoms with van der Waals surface area (Å²) in [6.45, 7) is 1.45. The van der Waals surface area contributed by atoms with Crippen LogP contribution in [0.5, 0.6) is 0 Å². The maximum Gasteiger partial charge on any atom is 0.323 e. The fourth-order valence-electron chi connectivity index (χ4n) is 3.40. The van der Waals surface area contributed by atoms with E-state index in [-0.39, 0.29) is 29.5 Å². The van der Waals surface area contributed by atoms with Crippen LogP contribution < -0.4 is 20.7 Å². The summed E-state index contributed by atoms with van der Waals surface area (Å²) in [4.78, 5) is 45.0. The number of nitrogens with zero attached hydrogens (tertiary/aromatic N) is 1. The summed E-state index contributed by atoms with van der Waals surface area (Å²) in [6.07, 6.45) is 3.13. The van der Waals surface area contributed by atoms with Gasteiger partial charge in [-0.05, 0) is 50.4 Å². The normalized spacial score (nSPS) is 15.3. The lowest BCUT2D eigenvalue weighted by atomic mass is 9.93. The van der Waals surface area contributed by atoms with Crippen molar-refractivity contribution in [2.24, 2.45) is 5.92 Å². The van der Waals surface area contributed by atoms with Crippen molar-refractivity contribution in [2.45, 2.75) is 43.0 Å². The average molecular weight is 500 g/mol. The highest BCUT2D eigenvalue weighted by Gasteiger charge is 2.26. The number of nitro benzene ring substituents is 1. The molecule has 0 aromatic heterocycles. The lowest BCUT2D eigenvalue weighted by molar-refractivity contribution is -0.384. The molecule has 14 heteroatoms. The summed E-state index contributed by atoms with van der Waals surface area (Å²) in [5.41, 5.74) is -0.320. The number of carbonyl (C=O) groups is 3. The van der Waals surface area contributed by atoms with Crippen LogP contribution >= 0.6 is 0 Å². The highest BCUT2D eigenvalue weighted by Crippen LogP contribution is 2.17. The van der Waals surface area contributed by atoms with Crippen LogP contribution in [0.1, 0.15) is 32.1 Å². The molecular weight excluding hydrogens is 470 g/mol. The Morgan fingerprint density at radius 2 is 1.71 bits per heavy atom. The Kier molecular flexibility index (Phi) is 10.3. The lowest BCUT2D eigenvalue weighted by Crippen LogP contribution is -2.48. The predicted molar refractivity (Wildman–Crippen MR) is 120 cm³/mol. The molecule has 1 aliphatic rings. The van der Waals surface area contributed by atoms with E-state index in [9.17, 15) is 38.0 Å². The number of nitrogens with one attached hydrogen (secondary N) is 4. The van der Waals surface area contributed by atoms with Crippen LogP contribution in [0.25, 0.3) is 0 Å². The van der Waals surface area contributed by atoms with Crippen molar-refractivity contribution in [1.29, 1.82) is 0 Å². The third kappa shape index (κ3) is 9.03. The van der Waals surface area contributed by atoms with E-state index in [0.717, 1.165) is 56.6 Å². The lowest BCUT2D eigenvalue weighted by Gasteiger charge is -2.22. The molecule has 2 amide bonds. The van der Waals surface area contributed by atoms with E-state index in [1.807, 2.05) is 4.72 Å². The summed E-state index contributed by atoms with van der Waals surface area (Å²) in [5, 5.41) is 28.2. The molecule has 0 bridgehead atoms. The summed E-state index contributed by atoms with van der Waals surface area (Å²) in [6, 6.07) is 2.25. The summed E-state index contributed by atoms with van der Waals surface area (Å²) < 4.78 is 26.7. The first-order chi connectivity index (χ1) is 16.1. The van der Waals surface area contributed by atoms with Crippen LogP contribution in [-0.4, -0.2) is 68.5 Å². The minimum atomic E-state index is -4.30. The number of piperidine rings is 1. The zero-order chi connectivity index (χ0) is 25.1. The van der Waals surface area contributed by atoms with E-state index in [2.05, 4.69) is 16.0 Å². The van der Waals surface area contributed by atoms with Gasteiger partial charge in [0.05, 0.1) is 9.82 Å². The van der Waals surface area contributed by atoms with Gasteiger partial charge in [0.15, 0.2) is 0 Å². The minimum absolute atomic E-state index is 0.0726. The van der Waals surface area contributed by atoms with E-state index in [4.69, 9.17) is 0 Å². The zero-order valence-electron chi connectivity index (χ0n) is 18.5. The molecule has 13 nitrogen and oxygen atoms in total. The fraction of sp³-hybridized carbons (Fsp3) is 0.550. The quantitative estimate of drug-likeness (QED) is 0.179. The number of carboxylic acid groups (broad SMARTS) is 1. The number of amides is 2. The fourth-order valence-corrected chi connectivity index (χ4v) is 4.58. The number of benzene rings is 1. The van der Waals surface area contributed by atoms with Gasteiger partial charge >= 0.3 is 5.97 Å². The van der Waals surface area contributed by atoms with Gasteiger partial charge < -0.3 is 21.1 Å². The van der Waals surface area contributed by atoms with Crippen LogP contribution in [0.4, 0.5) is 5.69 Å². The van der Waals surface area contributed by atoms with E-state index in [1.165, 1.54) is 0 Å². The van der Waals surface area contributed by atoms with Gasteiger partial charge in [-0.2, -0.15) is 4.72 Å². The number of non-ortho nitro benzene ring substituents is 1. The van der Waals surface area contributed by atoms with Crippen molar-refractivity contribution in [1.82, 2.24) is 20.7 Å². The summed E-state index contributed by atoms with van der Waals surface area (Å²) >= 11 is 0. The van der Waals surface area contributed by atoms with Gasteiger partial charge in [0, 0.05) is 38.1 Å². The van der Waals surface area contributed by atoms with Crippen LogP contribution in [-0.2, 0) is 24.4 Å². The highest BCUT2D eigenvalue weighted by molar-refractivity contribution is 7.89. The Labute approximate surface area is 196 Å². The Morgan fingerprint density at radius 1 is 1.09 bits per heavy atom. The predicted octanol–water partition coefficient (Wildman–Crippen LogP) is -0.271. The smallest absolute Gasteiger partial charge is 0.323 e. The number of aliphatic carboxylic acids is 1. The van der Waals surface area contributed by atoms with Crippen LogP contribution in [0.2, 0.25) is 0 Å². The van der Waals surface area contributed by atoms with E-state index in [1.54, 1.807) is 0 Å². The second-order valence-electron chi connectivity index (χ2n) is 7.90. The largest absolute Gasteiger partial charge is 0.480 e. The molecule has 2 rings (SSSR count). The van der Waals surface area contributed by atoms with Gasteiger partial charge in [-0.25, -0.2) is 8.42 Å². The van der Waals surface area contributed by atoms with Gasteiger partial charge in [0.25, 0.3) is 5.69 Å². The third-order valence-electron chi connectivity index (χ3n) is 5.37. The maximum atomic E-state index is 12.4. The minimum Gasteiger partial charge on any atom is -0.480 e. The zero-order valence-corrected chi connectivity index (χ0v) is 19.3. The molecule has 1 aliphatic heterocycles. The van der Waals surface area contributed by atoms with Crippen LogP contribution in [0.15, 0.2) is 29.2 Å². The molecule has 1 aromatic rings. The molecule has 34 heavy (non-hydrogen) atoms. The first-order valence-corrected chi connectivity index (χ1v) is 12.3. The number of hydrogen-bond donors (Lipinski definition) is 5. The van der Waals surface area contributed by atoms with Gasteiger partial charge in [0.2, 0.25) is 21.8 Å². The van der Waals surface area contributed by atoms with Crippen LogP contribution in [0, 0.1) is 16.0 Å². The number of carboxylic acids is 1. The van der Waals surface area contributed by atoms with Gasteiger partial charge in [-0.3, -0.25) is 24.5 Å². The van der Waals surface area contributed by atoms with Crippen molar-refractivity contribution < 1.29 is 32.8 Å². The van der Waals surface area contributed by atoms with E-state index in [0.29, 0.717) is 12.3 Å². The first-order valence-electron chi connectivity index (χ1n) is 10.8. The molecule has 1 heterocycles. The first kappa shape index (κ1) is 27.1. The summed E-state index contributed by atoms with van der Waals surface area (Å²) in [7, 11) is -4.30. The molecule has 1 saturated heterocycles. The number of nitro groups is 1. The molecule has 0 spiro atoms. The number of rotatable bonds is 13. The van der Waals surface area contributed by atoms with E-state index < -0.39 is 39.4 Å². The molecule has 0 radical (unpaired) electrons. The second-order valence-corrected chi connectivity index (χ2v) is 9.61. The number of carbonyl (C=O) groups excluding carboxylic acids is 2. The molecule has 1 aromatic carbocycles. The topological polar surface area (TPSA) is 197 Å². The van der Waals surface area contributed by atoms with Gasteiger partial charge in [-0.15, -0.1) is 0 Å². The Balaban J connectivity index is 1.75. The standard InChI is InChI=1S/C20H29N5O8S/c26-18(6-1-14-7-10-21-11-8-14)22-12-9-19(27)23-13-17(20(28)29)24-34(32,33)16-4-2-15(3-5-16)25(30)31/h2-5,14,17,21,24H,1,6-13H2,(H,22,26)(H,23,27)(H,28,29)/t17-/m0/s1.